The van der Waals surface area contributed by atoms with Crippen LogP contribution in [-0.2, 0) is 6.42 Å². The molecular weight excluding hydrogens is 150 g/mol. The average Bonchev–Trinajstić information content (AvgIpc) is 2.53. The molecule has 2 aromatic rings. The van der Waals surface area contributed by atoms with Crippen molar-refractivity contribution in [3.05, 3.63) is 37.1 Å². The summed E-state index contributed by atoms with van der Waals surface area (Å²) in [4.78, 5) is 4.14. The number of hydrogen-bond donors (Lipinski definition) is 0. The number of aromatic nitrogens is 1. The Labute approximate surface area is 71.2 Å². The summed E-state index contributed by atoms with van der Waals surface area (Å²) in [5.74, 6) is 0. The van der Waals surface area contributed by atoms with E-state index < -0.39 is 0 Å². The van der Waals surface area contributed by atoms with Crippen LogP contribution < -0.4 is 0 Å². The van der Waals surface area contributed by atoms with Crippen LogP contribution in [0.4, 0.5) is 0 Å². The summed E-state index contributed by atoms with van der Waals surface area (Å²) in [5.41, 5.74) is 3.05. The van der Waals surface area contributed by atoms with Crippen molar-refractivity contribution in [2.75, 3.05) is 0 Å². The van der Waals surface area contributed by atoms with Crippen LogP contribution in [0.3, 0.4) is 0 Å². The molecule has 0 atom stereocenters. The second-order valence-corrected chi connectivity index (χ2v) is 2.72. The normalized spacial score (nSPS) is 10.8. The molecule has 1 radical (unpaired) electrons. The maximum absolute atomic E-state index is 5.17. The highest BCUT2D eigenvalue weighted by atomic mass is 16.3. The minimum absolute atomic E-state index is 0.862. The Kier molecular flexibility index (Phi) is 1.82. The molecule has 0 fully saturated rings. The number of para-hydroxylation sites is 1. The molecular formula is C10H10NO. The lowest BCUT2D eigenvalue weighted by Crippen LogP contribution is -1.84. The Balaban J connectivity index is 2.57. The SMILES string of the molecule is [CH2]CCc1cccc2ocnc12. The van der Waals surface area contributed by atoms with Crippen molar-refractivity contribution in [3.8, 4) is 0 Å². The number of rotatable bonds is 2. The molecule has 0 saturated heterocycles. The number of fused-ring (bicyclic) bond motifs is 1. The molecule has 0 aliphatic rings. The molecule has 1 heterocycles. The lowest BCUT2D eigenvalue weighted by atomic mass is 10.1. The van der Waals surface area contributed by atoms with E-state index in [0.717, 1.165) is 23.9 Å². The Bertz CT molecular complexity index is 378. The molecule has 0 amide bonds. The second-order valence-electron chi connectivity index (χ2n) is 2.72. The standard InChI is InChI=1S/C10H10NO/c1-2-4-8-5-3-6-9-10(8)11-7-12-9/h3,5-7H,1-2,4H2. The molecule has 2 heteroatoms. The van der Waals surface area contributed by atoms with E-state index >= 15 is 0 Å². The van der Waals surface area contributed by atoms with E-state index in [1.54, 1.807) is 0 Å². The first kappa shape index (κ1) is 7.35. The number of nitrogens with zero attached hydrogens (tertiary/aromatic N) is 1. The van der Waals surface area contributed by atoms with Crippen molar-refractivity contribution in [1.82, 2.24) is 4.98 Å². The summed E-state index contributed by atoms with van der Waals surface area (Å²) in [6.45, 7) is 3.81. The first-order valence-electron chi connectivity index (χ1n) is 4.02. The molecule has 0 aliphatic carbocycles. The molecule has 1 aromatic carbocycles. The third kappa shape index (κ3) is 1.09. The fourth-order valence-corrected chi connectivity index (χ4v) is 1.34. The average molecular weight is 160 g/mol. The van der Waals surface area contributed by atoms with Crippen LogP contribution in [0.5, 0.6) is 0 Å². The van der Waals surface area contributed by atoms with Gasteiger partial charge in [0, 0.05) is 0 Å². The zero-order valence-electron chi connectivity index (χ0n) is 6.79. The van der Waals surface area contributed by atoms with Crippen LogP contribution in [0.1, 0.15) is 12.0 Å². The monoisotopic (exact) mass is 160 g/mol. The highest BCUT2D eigenvalue weighted by molar-refractivity contribution is 5.75. The minimum atomic E-state index is 0.862. The zero-order chi connectivity index (χ0) is 8.39. The number of aryl methyl sites for hydroxylation is 1. The maximum atomic E-state index is 5.17. The van der Waals surface area contributed by atoms with Crippen molar-refractivity contribution in [1.29, 1.82) is 0 Å². The van der Waals surface area contributed by atoms with Gasteiger partial charge in [0.15, 0.2) is 12.0 Å². The molecule has 61 valence electrons. The van der Waals surface area contributed by atoms with Crippen molar-refractivity contribution >= 4 is 11.1 Å². The van der Waals surface area contributed by atoms with Gasteiger partial charge in [0.25, 0.3) is 0 Å². The number of hydrogen-bond acceptors (Lipinski definition) is 2. The lowest BCUT2D eigenvalue weighted by molar-refractivity contribution is 0.602. The van der Waals surface area contributed by atoms with Gasteiger partial charge in [-0.3, -0.25) is 0 Å². The van der Waals surface area contributed by atoms with Crippen LogP contribution in [0.2, 0.25) is 0 Å². The molecule has 0 saturated carbocycles. The number of benzene rings is 1. The van der Waals surface area contributed by atoms with E-state index in [4.69, 9.17) is 4.42 Å². The summed E-state index contributed by atoms with van der Waals surface area (Å²) in [7, 11) is 0. The largest absolute Gasteiger partial charge is 0.443 e. The van der Waals surface area contributed by atoms with Crippen LogP contribution in [0.25, 0.3) is 11.1 Å². The van der Waals surface area contributed by atoms with Crippen molar-refractivity contribution < 1.29 is 4.42 Å². The topological polar surface area (TPSA) is 26.0 Å². The van der Waals surface area contributed by atoms with Gasteiger partial charge in [0.05, 0.1) is 0 Å². The van der Waals surface area contributed by atoms with Gasteiger partial charge < -0.3 is 4.42 Å². The first-order valence-corrected chi connectivity index (χ1v) is 4.02. The lowest BCUT2D eigenvalue weighted by Gasteiger charge is -1.96. The molecule has 0 aliphatic heterocycles. The van der Waals surface area contributed by atoms with Crippen LogP contribution >= 0.6 is 0 Å². The third-order valence-corrected chi connectivity index (χ3v) is 1.89. The van der Waals surface area contributed by atoms with E-state index in [2.05, 4.69) is 18.0 Å². The van der Waals surface area contributed by atoms with Gasteiger partial charge in [-0.2, -0.15) is 0 Å². The predicted molar refractivity (Wildman–Crippen MR) is 47.7 cm³/mol. The Morgan fingerprint density at radius 3 is 3.17 bits per heavy atom. The van der Waals surface area contributed by atoms with E-state index in [-0.39, 0.29) is 0 Å². The molecule has 0 spiro atoms. The van der Waals surface area contributed by atoms with Gasteiger partial charge in [0.1, 0.15) is 5.52 Å². The van der Waals surface area contributed by atoms with E-state index in [9.17, 15) is 0 Å². The maximum Gasteiger partial charge on any atom is 0.181 e. The van der Waals surface area contributed by atoms with Crippen molar-refractivity contribution in [3.63, 3.8) is 0 Å². The summed E-state index contributed by atoms with van der Waals surface area (Å²) >= 11 is 0. The van der Waals surface area contributed by atoms with Crippen LogP contribution in [0, 0.1) is 6.92 Å². The predicted octanol–water partition coefficient (Wildman–Crippen LogP) is 2.59. The first-order chi connectivity index (χ1) is 5.92. The highest BCUT2D eigenvalue weighted by Gasteiger charge is 2.02. The fourth-order valence-electron chi connectivity index (χ4n) is 1.34. The second kappa shape index (κ2) is 2.97. The van der Waals surface area contributed by atoms with Crippen molar-refractivity contribution in [2.24, 2.45) is 0 Å². The highest BCUT2D eigenvalue weighted by Crippen LogP contribution is 2.17. The Morgan fingerprint density at radius 1 is 1.42 bits per heavy atom. The van der Waals surface area contributed by atoms with Gasteiger partial charge in [-0.05, 0) is 24.5 Å². The van der Waals surface area contributed by atoms with Gasteiger partial charge >= 0.3 is 0 Å². The Morgan fingerprint density at radius 2 is 2.33 bits per heavy atom. The van der Waals surface area contributed by atoms with Gasteiger partial charge in [-0.25, -0.2) is 4.98 Å². The summed E-state index contributed by atoms with van der Waals surface area (Å²) in [5, 5.41) is 0. The molecule has 0 bridgehead atoms. The number of oxazole rings is 1. The molecule has 1 aromatic heterocycles. The molecule has 2 rings (SSSR count). The van der Waals surface area contributed by atoms with Crippen LogP contribution in [-0.4, -0.2) is 4.98 Å². The Hall–Kier alpha value is -1.31. The molecule has 12 heavy (non-hydrogen) atoms. The quantitative estimate of drug-likeness (QED) is 0.674. The summed E-state index contributed by atoms with van der Waals surface area (Å²) in [6, 6.07) is 5.98. The van der Waals surface area contributed by atoms with E-state index in [1.807, 2.05) is 12.1 Å². The summed E-state index contributed by atoms with van der Waals surface area (Å²) < 4.78 is 5.17. The summed E-state index contributed by atoms with van der Waals surface area (Å²) in [6.07, 6.45) is 3.34. The molecule has 2 nitrogen and oxygen atoms in total. The molecule has 0 N–H and O–H groups in total. The molecule has 0 unspecified atom stereocenters. The van der Waals surface area contributed by atoms with Gasteiger partial charge in [0.2, 0.25) is 0 Å². The fraction of sp³-hybridized carbons (Fsp3) is 0.200. The third-order valence-electron chi connectivity index (χ3n) is 1.89. The van der Waals surface area contributed by atoms with Crippen LogP contribution in [0.15, 0.2) is 29.0 Å². The minimum Gasteiger partial charge on any atom is -0.443 e. The smallest absolute Gasteiger partial charge is 0.181 e. The van der Waals surface area contributed by atoms with Crippen molar-refractivity contribution in [2.45, 2.75) is 12.8 Å². The van der Waals surface area contributed by atoms with E-state index in [1.165, 1.54) is 12.0 Å². The van der Waals surface area contributed by atoms with Gasteiger partial charge in [-0.15, -0.1) is 0 Å². The van der Waals surface area contributed by atoms with E-state index in [0.29, 0.717) is 0 Å². The van der Waals surface area contributed by atoms with Gasteiger partial charge in [-0.1, -0.05) is 19.1 Å². The zero-order valence-corrected chi connectivity index (χ0v) is 6.79.